The second-order valence-corrected chi connectivity index (χ2v) is 7.71. The highest BCUT2D eigenvalue weighted by Crippen LogP contribution is 2.45. The van der Waals surface area contributed by atoms with Gasteiger partial charge >= 0.3 is 7.60 Å². The molecule has 2 aromatic carbocycles. The molecule has 23 heavy (non-hydrogen) atoms. The van der Waals surface area contributed by atoms with E-state index in [0.717, 1.165) is 35.1 Å². The Hall–Kier alpha value is -1.57. The van der Waals surface area contributed by atoms with Crippen molar-refractivity contribution in [2.24, 2.45) is 0 Å². The summed E-state index contributed by atoms with van der Waals surface area (Å²) in [6.07, 6.45) is 1.87. The average Bonchev–Trinajstić information content (AvgIpc) is 2.49. The Balaban J connectivity index is 2.77. The third-order valence-electron chi connectivity index (χ3n) is 4.24. The summed E-state index contributed by atoms with van der Waals surface area (Å²) in [5.41, 5.74) is 6.82. The highest BCUT2D eigenvalue weighted by Gasteiger charge is 2.20. The Bertz CT molecular complexity index is 759. The third-order valence-corrected chi connectivity index (χ3v) is 4.78. The van der Waals surface area contributed by atoms with E-state index in [1.165, 1.54) is 17.8 Å². The van der Waals surface area contributed by atoms with E-state index in [2.05, 4.69) is 26.0 Å². The maximum Gasteiger partial charge on any atom is 0.373 e. The molecule has 4 heteroatoms. The van der Waals surface area contributed by atoms with E-state index in [1.54, 1.807) is 6.07 Å². The first-order valence-corrected chi connectivity index (χ1v) is 10.0. The molecule has 0 saturated heterocycles. The molecular formula is C19H25O3P. The molecule has 1 atom stereocenters. The number of aryl methyl sites for hydroxylation is 2. The summed E-state index contributed by atoms with van der Waals surface area (Å²) in [6, 6.07) is 9.99. The molecule has 3 nitrogen and oxygen atoms in total. The summed E-state index contributed by atoms with van der Waals surface area (Å²) in [4.78, 5) is 9.66. The molecule has 0 radical (unpaired) electrons. The van der Waals surface area contributed by atoms with Gasteiger partial charge in [-0.05, 0) is 60.6 Å². The van der Waals surface area contributed by atoms with Gasteiger partial charge in [-0.1, -0.05) is 38.1 Å². The van der Waals surface area contributed by atoms with E-state index in [-0.39, 0.29) is 0 Å². The lowest BCUT2D eigenvalue weighted by Crippen LogP contribution is -2.00. The van der Waals surface area contributed by atoms with Crippen molar-refractivity contribution in [3.05, 3.63) is 52.6 Å². The predicted octanol–water partition coefficient (Wildman–Crippen LogP) is 5.29. The van der Waals surface area contributed by atoms with Crippen LogP contribution in [0.1, 0.15) is 36.1 Å². The average molecular weight is 332 g/mol. The molecule has 0 amide bonds. The largest absolute Gasteiger partial charge is 0.424 e. The van der Waals surface area contributed by atoms with Gasteiger partial charge in [0.2, 0.25) is 0 Å². The van der Waals surface area contributed by atoms with Crippen LogP contribution < -0.4 is 4.52 Å². The van der Waals surface area contributed by atoms with Gasteiger partial charge in [0.25, 0.3) is 0 Å². The van der Waals surface area contributed by atoms with Gasteiger partial charge in [-0.3, -0.25) is 0 Å². The molecule has 2 aromatic rings. The first-order valence-electron chi connectivity index (χ1n) is 7.99. The second kappa shape index (κ2) is 6.90. The zero-order valence-corrected chi connectivity index (χ0v) is 15.4. The zero-order valence-electron chi connectivity index (χ0n) is 14.5. The van der Waals surface area contributed by atoms with Crippen molar-refractivity contribution in [1.29, 1.82) is 0 Å². The van der Waals surface area contributed by atoms with Gasteiger partial charge in [0.05, 0.1) is 0 Å². The van der Waals surface area contributed by atoms with Crippen LogP contribution in [-0.2, 0) is 17.4 Å². The molecule has 0 aliphatic carbocycles. The molecular weight excluding hydrogens is 307 g/mol. The minimum atomic E-state index is -3.61. The number of benzene rings is 2. The fourth-order valence-electron chi connectivity index (χ4n) is 3.00. The lowest BCUT2D eigenvalue weighted by Gasteiger charge is -2.20. The van der Waals surface area contributed by atoms with Gasteiger partial charge in [-0.15, -0.1) is 0 Å². The van der Waals surface area contributed by atoms with E-state index in [4.69, 9.17) is 4.52 Å². The van der Waals surface area contributed by atoms with E-state index < -0.39 is 7.60 Å². The molecule has 124 valence electrons. The number of hydrogen-bond acceptors (Lipinski definition) is 2. The molecule has 0 aliphatic heterocycles. The van der Waals surface area contributed by atoms with Crippen molar-refractivity contribution >= 4 is 7.60 Å². The molecule has 0 saturated carbocycles. The molecule has 0 heterocycles. The highest BCUT2D eigenvalue weighted by molar-refractivity contribution is 7.52. The Labute approximate surface area is 138 Å². The Morgan fingerprint density at radius 1 is 1.09 bits per heavy atom. The van der Waals surface area contributed by atoms with Crippen molar-refractivity contribution in [2.75, 3.05) is 6.66 Å². The van der Waals surface area contributed by atoms with E-state index in [1.807, 2.05) is 26.0 Å². The lowest BCUT2D eigenvalue weighted by molar-refractivity contribution is 0.388. The maximum absolute atomic E-state index is 11.8. The van der Waals surface area contributed by atoms with Crippen molar-refractivity contribution in [3.8, 4) is 16.9 Å². The minimum Gasteiger partial charge on any atom is -0.424 e. The zero-order chi connectivity index (χ0) is 17.2. The SMILES string of the molecule is CCc1cccc(-c2c(OP(C)(=O)O)ccc(C)c2C)c1CC. The topological polar surface area (TPSA) is 46.5 Å². The van der Waals surface area contributed by atoms with Crippen molar-refractivity contribution in [3.63, 3.8) is 0 Å². The van der Waals surface area contributed by atoms with Gasteiger partial charge in [0, 0.05) is 12.2 Å². The molecule has 1 N–H and O–H groups in total. The van der Waals surface area contributed by atoms with Crippen molar-refractivity contribution in [1.82, 2.24) is 0 Å². The van der Waals surface area contributed by atoms with E-state index in [9.17, 15) is 9.46 Å². The standard InChI is InChI=1S/C19H25O3P/c1-6-15-9-8-10-17(16(15)7-2)19-14(4)13(3)11-12-18(19)22-23(5,20)21/h8-12H,6-7H2,1-5H3,(H,20,21). The molecule has 0 aliphatic rings. The summed E-state index contributed by atoms with van der Waals surface area (Å²) in [7, 11) is -3.61. The van der Waals surface area contributed by atoms with Crippen LogP contribution in [0.2, 0.25) is 0 Å². The summed E-state index contributed by atoms with van der Waals surface area (Å²) in [5.74, 6) is 0.476. The first-order chi connectivity index (χ1) is 10.8. The third kappa shape index (κ3) is 3.85. The van der Waals surface area contributed by atoms with Crippen molar-refractivity contribution in [2.45, 2.75) is 40.5 Å². The van der Waals surface area contributed by atoms with Crippen LogP contribution in [0.4, 0.5) is 0 Å². The first kappa shape index (κ1) is 17.8. The summed E-state index contributed by atoms with van der Waals surface area (Å²) in [5, 5.41) is 0. The Kier molecular flexibility index (Phi) is 5.33. The van der Waals surface area contributed by atoms with Crippen LogP contribution in [0.15, 0.2) is 30.3 Å². The van der Waals surface area contributed by atoms with Gasteiger partial charge < -0.3 is 9.42 Å². The normalized spacial score (nSPS) is 13.7. The number of hydrogen-bond donors (Lipinski definition) is 1. The molecule has 2 rings (SSSR count). The van der Waals surface area contributed by atoms with Gasteiger partial charge in [0.15, 0.2) is 0 Å². The fourth-order valence-corrected chi connectivity index (χ4v) is 3.52. The van der Waals surface area contributed by atoms with Crippen LogP contribution in [0.3, 0.4) is 0 Å². The van der Waals surface area contributed by atoms with Crippen LogP contribution >= 0.6 is 7.60 Å². The molecule has 0 spiro atoms. The van der Waals surface area contributed by atoms with Crippen molar-refractivity contribution < 1.29 is 14.0 Å². The minimum absolute atomic E-state index is 0.476. The van der Waals surface area contributed by atoms with Crippen LogP contribution in [-0.4, -0.2) is 11.6 Å². The highest BCUT2D eigenvalue weighted by atomic mass is 31.2. The summed E-state index contributed by atoms with van der Waals surface area (Å²) in [6.45, 7) is 9.58. The second-order valence-electron chi connectivity index (χ2n) is 5.93. The van der Waals surface area contributed by atoms with Gasteiger partial charge in [-0.2, -0.15) is 0 Å². The predicted molar refractivity (Wildman–Crippen MR) is 96.5 cm³/mol. The van der Waals surface area contributed by atoms with Gasteiger partial charge in [0.1, 0.15) is 5.75 Å². The molecule has 0 aromatic heterocycles. The molecule has 0 fully saturated rings. The lowest BCUT2D eigenvalue weighted by atomic mass is 9.89. The smallest absolute Gasteiger partial charge is 0.373 e. The molecule has 1 unspecified atom stereocenters. The maximum atomic E-state index is 11.8. The van der Waals surface area contributed by atoms with Gasteiger partial charge in [-0.25, -0.2) is 4.57 Å². The molecule has 0 bridgehead atoms. The summed E-state index contributed by atoms with van der Waals surface area (Å²) >= 11 is 0. The van der Waals surface area contributed by atoms with Crippen LogP contribution in [0.25, 0.3) is 11.1 Å². The fraction of sp³-hybridized carbons (Fsp3) is 0.368. The quantitative estimate of drug-likeness (QED) is 0.757. The Morgan fingerprint density at radius 2 is 1.78 bits per heavy atom. The summed E-state index contributed by atoms with van der Waals surface area (Å²) < 4.78 is 17.2. The van der Waals surface area contributed by atoms with Crippen LogP contribution in [0, 0.1) is 13.8 Å². The monoisotopic (exact) mass is 332 g/mol. The van der Waals surface area contributed by atoms with E-state index >= 15 is 0 Å². The van der Waals surface area contributed by atoms with Crippen LogP contribution in [0.5, 0.6) is 5.75 Å². The van der Waals surface area contributed by atoms with E-state index in [0.29, 0.717) is 5.75 Å². The number of rotatable bonds is 5. The Morgan fingerprint density at radius 3 is 2.35 bits per heavy atom.